The van der Waals surface area contributed by atoms with Gasteiger partial charge in [-0.05, 0) is 30.7 Å². The van der Waals surface area contributed by atoms with E-state index in [2.05, 4.69) is 20.8 Å². The third-order valence-electron chi connectivity index (χ3n) is 2.65. The molecule has 2 aromatic rings. The van der Waals surface area contributed by atoms with Crippen LogP contribution in [0.4, 0.5) is 11.4 Å². The summed E-state index contributed by atoms with van der Waals surface area (Å²) in [5.41, 5.74) is 6.36. The van der Waals surface area contributed by atoms with Gasteiger partial charge >= 0.3 is 0 Å². The van der Waals surface area contributed by atoms with E-state index >= 15 is 0 Å². The first kappa shape index (κ1) is 15.2. The Morgan fingerprint density at radius 1 is 1.36 bits per heavy atom. The smallest absolute Gasteiger partial charge is 0.275 e. The van der Waals surface area contributed by atoms with Crippen molar-refractivity contribution in [1.82, 2.24) is 4.98 Å². The molecule has 0 aliphatic heterocycles. The number of amides is 1. The fourth-order valence-electron chi connectivity index (χ4n) is 1.58. The molecule has 0 fully saturated rings. The molecule has 0 unspecified atom stereocenters. The lowest BCUT2D eigenvalue weighted by atomic mass is 10.2. The summed E-state index contributed by atoms with van der Waals surface area (Å²) in [5, 5.41) is 25.3. The first-order chi connectivity index (χ1) is 10.6. The first-order valence-corrected chi connectivity index (χ1v) is 7.02. The molecule has 0 saturated carbocycles. The van der Waals surface area contributed by atoms with Gasteiger partial charge in [0.15, 0.2) is 0 Å². The minimum Gasteiger partial charge on any atom is -0.320 e. The molecule has 22 heavy (non-hydrogen) atoms. The summed E-state index contributed by atoms with van der Waals surface area (Å²) < 4.78 is 0. The Bertz CT molecular complexity index is 782. The maximum atomic E-state index is 11.9. The van der Waals surface area contributed by atoms with Crippen molar-refractivity contribution < 1.29 is 4.79 Å². The van der Waals surface area contributed by atoms with Gasteiger partial charge in [-0.1, -0.05) is 0 Å². The molecule has 1 aromatic heterocycles. The Morgan fingerprint density at radius 2 is 2.14 bits per heavy atom. The van der Waals surface area contributed by atoms with Crippen LogP contribution in [0.5, 0.6) is 0 Å². The Labute approximate surface area is 130 Å². The number of carbonyl (C=O) groups is 1. The average molecular weight is 310 g/mol. The number of hydrogen-bond acceptors (Lipinski definition) is 7. The molecule has 1 aromatic carbocycles. The maximum Gasteiger partial charge on any atom is 0.275 e. The normalized spacial score (nSPS) is 9.23. The third kappa shape index (κ3) is 3.66. The van der Waals surface area contributed by atoms with Gasteiger partial charge in [0.2, 0.25) is 5.71 Å². The number of nitriles is 2. The van der Waals surface area contributed by atoms with Crippen LogP contribution in [-0.2, 0) is 0 Å². The highest BCUT2D eigenvalue weighted by Gasteiger charge is 2.09. The van der Waals surface area contributed by atoms with E-state index in [1.807, 2.05) is 6.92 Å². The van der Waals surface area contributed by atoms with Crippen LogP contribution < -0.4 is 10.7 Å². The molecule has 7 nitrogen and oxygen atoms in total. The molecule has 0 aliphatic carbocycles. The number of aromatic nitrogens is 1. The molecule has 1 amide bonds. The molecule has 2 N–H and O–H groups in total. The zero-order valence-corrected chi connectivity index (χ0v) is 12.3. The predicted octanol–water partition coefficient (Wildman–Crippen LogP) is 2.52. The quantitative estimate of drug-likeness (QED) is 0.665. The highest BCUT2D eigenvalue weighted by molar-refractivity contribution is 7.07. The summed E-state index contributed by atoms with van der Waals surface area (Å²) in [7, 11) is 0. The molecule has 0 atom stereocenters. The van der Waals surface area contributed by atoms with Gasteiger partial charge in [-0.25, -0.2) is 4.98 Å². The first-order valence-electron chi connectivity index (χ1n) is 6.08. The molecule has 0 saturated heterocycles. The van der Waals surface area contributed by atoms with Crippen LogP contribution in [0.2, 0.25) is 0 Å². The Balaban J connectivity index is 2.10. The van der Waals surface area contributed by atoms with Crippen LogP contribution in [0.3, 0.4) is 0 Å². The lowest BCUT2D eigenvalue weighted by Crippen LogP contribution is -2.13. The van der Waals surface area contributed by atoms with Gasteiger partial charge in [0.1, 0.15) is 17.8 Å². The number of rotatable bonds is 4. The molecule has 1 heterocycles. The maximum absolute atomic E-state index is 11.9. The molecule has 2 rings (SSSR count). The largest absolute Gasteiger partial charge is 0.320 e. The number of anilines is 2. The second kappa shape index (κ2) is 6.97. The van der Waals surface area contributed by atoms with Crippen molar-refractivity contribution >= 4 is 34.3 Å². The van der Waals surface area contributed by atoms with Crippen LogP contribution in [0, 0.1) is 29.6 Å². The fraction of sp³-hybridized carbons (Fsp3) is 0.0714. The lowest BCUT2D eigenvalue weighted by Gasteiger charge is -2.09. The highest BCUT2D eigenvalue weighted by atomic mass is 32.1. The average Bonchev–Trinajstić information content (AvgIpc) is 3.05. The standard InChI is InChI=1S/C14H10N6OS/c1-9-4-10(19-20-11(5-15)6-16)2-3-12(9)18-14(21)13-7-22-8-17-13/h2-4,7-8,19H,1H3,(H,18,21). The minimum atomic E-state index is -0.278. The summed E-state index contributed by atoms with van der Waals surface area (Å²) in [5.74, 6) is -0.278. The van der Waals surface area contributed by atoms with Gasteiger partial charge in [-0.15, -0.1) is 11.3 Å². The van der Waals surface area contributed by atoms with Crippen molar-refractivity contribution in [2.75, 3.05) is 10.7 Å². The monoisotopic (exact) mass is 310 g/mol. The zero-order valence-electron chi connectivity index (χ0n) is 11.5. The van der Waals surface area contributed by atoms with Crippen LogP contribution in [0.25, 0.3) is 0 Å². The number of nitrogens with zero attached hydrogens (tertiary/aromatic N) is 4. The van der Waals surface area contributed by atoms with Crippen molar-refractivity contribution in [3.05, 3.63) is 40.3 Å². The summed E-state index contributed by atoms with van der Waals surface area (Å²) in [6, 6.07) is 8.43. The summed E-state index contributed by atoms with van der Waals surface area (Å²) in [6.45, 7) is 1.82. The molecule has 8 heteroatoms. The number of benzene rings is 1. The van der Waals surface area contributed by atoms with Crippen molar-refractivity contribution in [2.24, 2.45) is 5.10 Å². The minimum absolute atomic E-state index is 0.265. The zero-order chi connectivity index (χ0) is 15.9. The second-order valence-corrected chi connectivity index (χ2v) is 4.87. The van der Waals surface area contributed by atoms with E-state index in [9.17, 15) is 4.79 Å². The lowest BCUT2D eigenvalue weighted by molar-refractivity contribution is 0.102. The topological polar surface area (TPSA) is 114 Å². The van der Waals surface area contributed by atoms with E-state index in [-0.39, 0.29) is 11.6 Å². The van der Waals surface area contributed by atoms with Crippen LogP contribution in [0.15, 0.2) is 34.2 Å². The number of carbonyl (C=O) groups excluding carboxylic acids is 1. The number of hydrazone groups is 1. The van der Waals surface area contributed by atoms with Crippen LogP contribution in [0.1, 0.15) is 16.1 Å². The van der Waals surface area contributed by atoms with Crippen molar-refractivity contribution in [3.63, 3.8) is 0 Å². The number of hydrogen-bond donors (Lipinski definition) is 2. The number of aryl methyl sites for hydroxylation is 1. The van der Waals surface area contributed by atoms with E-state index < -0.39 is 0 Å². The molecular formula is C14H10N6OS. The van der Waals surface area contributed by atoms with Gasteiger partial charge in [0.25, 0.3) is 5.91 Å². The number of thiazole rings is 1. The fourth-order valence-corrected chi connectivity index (χ4v) is 2.11. The highest BCUT2D eigenvalue weighted by Crippen LogP contribution is 2.20. The van der Waals surface area contributed by atoms with Gasteiger partial charge in [0, 0.05) is 11.1 Å². The van der Waals surface area contributed by atoms with Gasteiger partial charge in [-0.3, -0.25) is 10.2 Å². The van der Waals surface area contributed by atoms with Crippen LogP contribution >= 0.6 is 11.3 Å². The Kier molecular flexibility index (Phi) is 4.81. The van der Waals surface area contributed by atoms with E-state index in [0.29, 0.717) is 17.1 Å². The summed E-state index contributed by atoms with van der Waals surface area (Å²) >= 11 is 1.35. The Hall–Kier alpha value is -3.23. The molecule has 0 bridgehead atoms. The third-order valence-corrected chi connectivity index (χ3v) is 3.23. The van der Waals surface area contributed by atoms with Crippen molar-refractivity contribution in [2.45, 2.75) is 6.92 Å². The molecule has 0 spiro atoms. The molecule has 0 aliphatic rings. The molecule has 0 radical (unpaired) electrons. The van der Waals surface area contributed by atoms with E-state index in [4.69, 9.17) is 10.5 Å². The van der Waals surface area contributed by atoms with E-state index in [0.717, 1.165) is 5.56 Å². The van der Waals surface area contributed by atoms with Crippen LogP contribution in [-0.4, -0.2) is 16.6 Å². The second-order valence-electron chi connectivity index (χ2n) is 4.15. The van der Waals surface area contributed by atoms with E-state index in [1.165, 1.54) is 11.3 Å². The number of nitrogens with one attached hydrogen (secondary N) is 2. The summed E-state index contributed by atoms with van der Waals surface area (Å²) in [6.07, 6.45) is 0. The van der Waals surface area contributed by atoms with Crippen molar-refractivity contribution in [3.8, 4) is 12.1 Å². The van der Waals surface area contributed by atoms with E-state index in [1.54, 1.807) is 41.2 Å². The van der Waals surface area contributed by atoms with Gasteiger partial charge < -0.3 is 5.32 Å². The molecular weight excluding hydrogens is 300 g/mol. The molecule has 108 valence electrons. The Morgan fingerprint density at radius 3 is 2.73 bits per heavy atom. The summed E-state index contributed by atoms with van der Waals surface area (Å²) in [4.78, 5) is 15.9. The van der Waals surface area contributed by atoms with Gasteiger partial charge in [-0.2, -0.15) is 15.6 Å². The predicted molar refractivity (Wildman–Crippen MR) is 83.5 cm³/mol. The van der Waals surface area contributed by atoms with Gasteiger partial charge in [0.05, 0.1) is 11.2 Å². The van der Waals surface area contributed by atoms with Crippen molar-refractivity contribution in [1.29, 1.82) is 10.5 Å². The SMILES string of the molecule is Cc1cc(NN=C(C#N)C#N)ccc1NC(=O)c1cscn1.